The number of aliphatic carboxylic acids is 1. The van der Waals surface area contributed by atoms with Crippen molar-refractivity contribution in [1.82, 2.24) is 5.32 Å². The van der Waals surface area contributed by atoms with E-state index < -0.39 is 12.0 Å². The van der Waals surface area contributed by atoms with E-state index in [1.165, 1.54) is 7.11 Å². The van der Waals surface area contributed by atoms with Crippen molar-refractivity contribution in [1.29, 1.82) is 0 Å². The SMILES string of the molecule is COCC(NC(=O)C1CCCCCC1N)C(=O)O. The number of nitrogens with two attached hydrogens (primary N) is 1. The average molecular weight is 258 g/mol. The lowest BCUT2D eigenvalue weighted by Gasteiger charge is -2.22. The standard InChI is InChI=1S/C12H22N2O4/c1-18-7-10(12(16)17)14-11(15)8-5-3-2-4-6-9(8)13/h8-10H,2-7,13H2,1H3,(H,14,15)(H,16,17). The molecule has 1 rings (SSSR count). The molecule has 6 nitrogen and oxygen atoms in total. The van der Waals surface area contributed by atoms with Gasteiger partial charge in [-0.1, -0.05) is 19.3 Å². The van der Waals surface area contributed by atoms with Crippen molar-refractivity contribution in [3.8, 4) is 0 Å². The van der Waals surface area contributed by atoms with Gasteiger partial charge in [0.05, 0.1) is 12.5 Å². The Balaban J connectivity index is 2.58. The normalized spacial score (nSPS) is 26.1. The maximum Gasteiger partial charge on any atom is 0.328 e. The highest BCUT2D eigenvalue weighted by atomic mass is 16.5. The quantitative estimate of drug-likeness (QED) is 0.607. The van der Waals surface area contributed by atoms with Crippen molar-refractivity contribution in [2.75, 3.05) is 13.7 Å². The van der Waals surface area contributed by atoms with Gasteiger partial charge >= 0.3 is 5.97 Å². The molecule has 0 aromatic heterocycles. The van der Waals surface area contributed by atoms with Gasteiger partial charge < -0.3 is 20.9 Å². The Bertz CT molecular complexity index is 296. The van der Waals surface area contributed by atoms with Crippen LogP contribution in [0.5, 0.6) is 0 Å². The predicted octanol–water partition coefficient (Wildman–Crippen LogP) is 0.110. The molecule has 104 valence electrons. The third-order valence-corrected chi connectivity index (χ3v) is 3.35. The van der Waals surface area contributed by atoms with E-state index in [-0.39, 0.29) is 24.5 Å². The molecule has 1 fully saturated rings. The van der Waals surface area contributed by atoms with Crippen molar-refractivity contribution in [3.05, 3.63) is 0 Å². The number of amides is 1. The first kappa shape index (κ1) is 14.9. The van der Waals surface area contributed by atoms with Crippen LogP contribution in [0, 0.1) is 5.92 Å². The molecule has 3 atom stereocenters. The number of ether oxygens (including phenoxy) is 1. The van der Waals surface area contributed by atoms with Crippen LogP contribution in [0.1, 0.15) is 32.1 Å². The lowest BCUT2D eigenvalue weighted by Crippen LogP contribution is -2.49. The molecule has 1 aliphatic rings. The predicted molar refractivity (Wildman–Crippen MR) is 66.0 cm³/mol. The zero-order chi connectivity index (χ0) is 13.5. The minimum Gasteiger partial charge on any atom is -0.480 e. The number of nitrogens with one attached hydrogen (secondary N) is 1. The topological polar surface area (TPSA) is 102 Å². The van der Waals surface area contributed by atoms with Gasteiger partial charge in [0.15, 0.2) is 6.04 Å². The highest BCUT2D eigenvalue weighted by molar-refractivity contribution is 5.85. The summed E-state index contributed by atoms with van der Waals surface area (Å²) in [5.41, 5.74) is 5.97. The van der Waals surface area contributed by atoms with Crippen molar-refractivity contribution >= 4 is 11.9 Å². The van der Waals surface area contributed by atoms with Crippen molar-refractivity contribution in [2.24, 2.45) is 11.7 Å². The maximum absolute atomic E-state index is 12.0. The van der Waals surface area contributed by atoms with Crippen LogP contribution in [-0.4, -0.2) is 42.8 Å². The summed E-state index contributed by atoms with van der Waals surface area (Å²) < 4.78 is 4.78. The Morgan fingerprint density at radius 3 is 2.67 bits per heavy atom. The molecule has 0 aromatic rings. The molecule has 0 heterocycles. The number of hydrogen-bond donors (Lipinski definition) is 3. The molecule has 1 amide bonds. The highest BCUT2D eigenvalue weighted by Gasteiger charge is 2.30. The third kappa shape index (κ3) is 4.27. The van der Waals surface area contributed by atoms with E-state index in [0.29, 0.717) is 0 Å². The summed E-state index contributed by atoms with van der Waals surface area (Å²) in [6, 6.07) is -1.18. The van der Waals surface area contributed by atoms with Crippen LogP contribution >= 0.6 is 0 Å². The molecule has 0 radical (unpaired) electrons. The zero-order valence-corrected chi connectivity index (χ0v) is 10.7. The molecule has 1 aliphatic carbocycles. The van der Waals surface area contributed by atoms with Gasteiger partial charge in [0, 0.05) is 13.2 Å². The molecule has 18 heavy (non-hydrogen) atoms. The molecule has 1 saturated carbocycles. The summed E-state index contributed by atoms with van der Waals surface area (Å²) in [4.78, 5) is 23.0. The molecule has 0 aliphatic heterocycles. The maximum atomic E-state index is 12.0. The number of carboxylic acids is 1. The van der Waals surface area contributed by atoms with Crippen LogP contribution in [0.2, 0.25) is 0 Å². The Hall–Kier alpha value is -1.14. The Kier molecular flexibility index (Phi) is 6.07. The lowest BCUT2D eigenvalue weighted by atomic mass is 9.94. The number of carboxylic acid groups (broad SMARTS) is 1. The molecule has 6 heteroatoms. The summed E-state index contributed by atoms with van der Waals surface area (Å²) in [5, 5.41) is 11.4. The van der Waals surface area contributed by atoms with Gasteiger partial charge in [0.2, 0.25) is 5.91 Å². The van der Waals surface area contributed by atoms with Gasteiger partial charge in [-0.15, -0.1) is 0 Å². The summed E-state index contributed by atoms with van der Waals surface area (Å²) >= 11 is 0. The molecule has 0 saturated heterocycles. The molecule has 4 N–H and O–H groups in total. The summed E-state index contributed by atoms with van der Waals surface area (Å²) in [5.74, 6) is -1.65. The minimum absolute atomic E-state index is 0.0387. The highest BCUT2D eigenvalue weighted by Crippen LogP contribution is 2.22. The fourth-order valence-corrected chi connectivity index (χ4v) is 2.28. The summed E-state index contributed by atoms with van der Waals surface area (Å²) in [7, 11) is 1.40. The smallest absolute Gasteiger partial charge is 0.328 e. The van der Waals surface area contributed by atoms with Crippen LogP contribution in [0.3, 0.4) is 0 Å². The Labute approximate surface area is 107 Å². The second-order valence-corrected chi connectivity index (χ2v) is 4.76. The summed E-state index contributed by atoms with van der Waals surface area (Å²) in [6.07, 6.45) is 4.63. The van der Waals surface area contributed by atoms with Crippen LogP contribution in [0.15, 0.2) is 0 Å². The van der Waals surface area contributed by atoms with Crippen LogP contribution < -0.4 is 11.1 Å². The molecule has 3 unspecified atom stereocenters. The number of carbonyl (C=O) groups excluding carboxylic acids is 1. The fraction of sp³-hybridized carbons (Fsp3) is 0.833. The monoisotopic (exact) mass is 258 g/mol. The lowest BCUT2D eigenvalue weighted by molar-refractivity contribution is -0.144. The third-order valence-electron chi connectivity index (χ3n) is 3.35. The van der Waals surface area contributed by atoms with Gasteiger partial charge in [-0.25, -0.2) is 4.79 Å². The van der Waals surface area contributed by atoms with E-state index in [9.17, 15) is 9.59 Å². The van der Waals surface area contributed by atoms with E-state index in [1.807, 2.05) is 0 Å². The van der Waals surface area contributed by atoms with Gasteiger partial charge in [-0.05, 0) is 12.8 Å². The number of hydrogen-bond acceptors (Lipinski definition) is 4. The Morgan fingerprint density at radius 2 is 2.06 bits per heavy atom. The van der Waals surface area contributed by atoms with Gasteiger partial charge in [-0.3, -0.25) is 4.79 Å². The molecule has 0 bridgehead atoms. The van der Waals surface area contributed by atoms with Crippen LogP contribution in [-0.2, 0) is 14.3 Å². The second-order valence-electron chi connectivity index (χ2n) is 4.76. The van der Waals surface area contributed by atoms with Gasteiger partial charge in [0.1, 0.15) is 0 Å². The van der Waals surface area contributed by atoms with E-state index >= 15 is 0 Å². The van der Waals surface area contributed by atoms with Crippen molar-refractivity contribution in [2.45, 2.75) is 44.2 Å². The van der Waals surface area contributed by atoms with Crippen LogP contribution in [0.4, 0.5) is 0 Å². The fourth-order valence-electron chi connectivity index (χ4n) is 2.28. The van der Waals surface area contributed by atoms with E-state index in [2.05, 4.69) is 5.32 Å². The van der Waals surface area contributed by atoms with Crippen molar-refractivity contribution in [3.63, 3.8) is 0 Å². The first-order chi connectivity index (χ1) is 8.56. The van der Waals surface area contributed by atoms with E-state index in [0.717, 1.165) is 32.1 Å². The average Bonchev–Trinajstić information content (AvgIpc) is 2.53. The van der Waals surface area contributed by atoms with E-state index in [1.54, 1.807) is 0 Å². The van der Waals surface area contributed by atoms with Gasteiger partial charge in [0.25, 0.3) is 0 Å². The first-order valence-corrected chi connectivity index (χ1v) is 6.34. The molecule has 0 aromatic carbocycles. The molecular weight excluding hydrogens is 236 g/mol. The number of methoxy groups -OCH3 is 1. The first-order valence-electron chi connectivity index (χ1n) is 6.34. The zero-order valence-electron chi connectivity index (χ0n) is 10.7. The molecular formula is C12H22N2O4. The second kappa shape index (κ2) is 7.33. The molecule has 0 spiro atoms. The number of rotatable bonds is 5. The largest absolute Gasteiger partial charge is 0.480 e. The van der Waals surface area contributed by atoms with Crippen molar-refractivity contribution < 1.29 is 19.4 Å². The Morgan fingerprint density at radius 1 is 1.39 bits per heavy atom. The van der Waals surface area contributed by atoms with Gasteiger partial charge in [-0.2, -0.15) is 0 Å². The van der Waals surface area contributed by atoms with E-state index in [4.69, 9.17) is 15.6 Å². The summed E-state index contributed by atoms with van der Waals surface area (Å²) in [6.45, 7) is -0.0387. The minimum atomic E-state index is -1.09. The number of carbonyl (C=O) groups is 2. The van der Waals surface area contributed by atoms with Crippen LogP contribution in [0.25, 0.3) is 0 Å².